The van der Waals surface area contributed by atoms with Crippen molar-refractivity contribution in [3.63, 3.8) is 0 Å². The van der Waals surface area contributed by atoms with E-state index in [2.05, 4.69) is 0 Å². The summed E-state index contributed by atoms with van der Waals surface area (Å²) < 4.78 is 40.2. The van der Waals surface area contributed by atoms with E-state index in [1.807, 2.05) is 0 Å². The molecule has 1 saturated heterocycles. The predicted molar refractivity (Wildman–Crippen MR) is 118 cm³/mol. The molecule has 2 unspecified atom stereocenters. The lowest BCUT2D eigenvalue weighted by Crippen LogP contribution is -2.48. The molecule has 4 nitrogen and oxygen atoms in total. The van der Waals surface area contributed by atoms with Crippen molar-refractivity contribution in [1.82, 2.24) is 0 Å². The molecule has 166 valence electrons. The van der Waals surface area contributed by atoms with Crippen molar-refractivity contribution in [3.8, 4) is 0 Å². The lowest BCUT2D eigenvalue weighted by Gasteiger charge is -2.36. The van der Waals surface area contributed by atoms with Crippen LogP contribution in [0.1, 0.15) is 18.1 Å². The molecular weight excluding hydrogens is 464 g/mol. The van der Waals surface area contributed by atoms with E-state index in [0.29, 0.717) is 15.7 Å². The predicted octanol–water partition coefficient (Wildman–Crippen LogP) is 6.69. The highest BCUT2D eigenvalue weighted by Crippen LogP contribution is 2.45. The average molecular weight is 481 g/mol. The highest BCUT2D eigenvalue weighted by molar-refractivity contribution is 6.31. The second kappa shape index (κ2) is 7.99. The van der Waals surface area contributed by atoms with E-state index in [1.165, 1.54) is 41.3 Å². The molecule has 0 radical (unpaired) electrons. The van der Waals surface area contributed by atoms with Gasteiger partial charge >= 0.3 is 12.2 Å². The Bertz CT molecular complexity index is 1150. The Hall–Kier alpha value is -2.74. The molecule has 1 N–H and O–H groups in total. The number of carbonyl (C=O) groups is 1. The molecule has 1 heterocycles. The summed E-state index contributed by atoms with van der Waals surface area (Å²) in [4.78, 5) is 16.0. The zero-order chi connectivity index (χ0) is 23.3. The molecule has 32 heavy (non-hydrogen) atoms. The molecule has 0 aliphatic carbocycles. The number of urea groups is 1. The van der Waals surface area contributed by atoms with E-state index in [4.69, 9.17) is 23.2 Å². The third-order valence-corrected chi connectivity index (χ3v) is 6.02. The molecule has 0 spiro atoms. The van der Waals surface area contributed by atoms with Crippen LogP contribution < -0.4 is 9.80 Å². The molecule has 2 atom stereocenters. The number of rotatable bonds is 3. The number of amides is 2. The molecule has 0 bridgehead atoms. The SMILES string of the molecule is CC1N(c2ccc(Cl)cc2)C(=O)N(c2ccc(Cl)cc2)C1(O)c1cccc(C(F)(F)F)c1. The maximum Gasteiger partial charge on any atom is 0.416 e. The fourth-order valence-corrected chi connectivity index (χ4v) is 4.17. The third-order valence-electron chi connectivity index (χ3n) is 5.51. The Kier molecular flexibility index (Phi) is 5.61. The van der Waals surface area contributed by atoms with Crippen molar-refractivity contribution in [3.05, 3.63) is 94.0 Å². The van der Waals surface area contributed by atoms with Crippen molar-refractivity contribution in [2.45, 2.75) is 24.9 Å². The standard InChI is InChI=1S/C23H17Cl2F3N2O2/c1-14-22(32,15-3-2-4-16(13-15)23(26,27)28)30(20-11-7-18(25)8-12-20)21(31)29(14)19-9-5-17(24)6-10-19/h2-14,32H,1H3. The zero-order valence-electron chi connectivity index (χ0n) is 16.6. The number of anilines is 2. The Morgan fingerprint density at radius 1 is 0.906 bits per heavy atom. The Morgan fingerprint density at radius 3 is 1.97 bits per heavy atom. The van der Waals surface area contributed by atoms with Gasteiger partial charge in [-0.25, -0.2) is 4.79 Å². The lowest BCUT2D eigenvalue weighted by atomic mass is 9.93. The van der Waals surface area contributed by atoms with Gasteiger partial charge in [-0.3, -0.25) is 9.80 Å². The van der Waals surface area contributed by atoms with Crippen molar-refractivity contribution in [1.29, 1.82) is 0 Å². The minimum atomic E-state index is -4.61. The van der Waals surface area contributed by atoms with Crippen LogP contribution in [0.3, 0.4) is 0 Å². The summed E-state index contributed by atoms with van der Waals surface area (Å²) in [6.07, 6.45) is -4.61. The van der Waals surface area contributed by atoms with Gasteiger partial charge in [0.25, 0.3) is 0 Å². The normalized spacial score (nSPS) is 21.3. The molecular formula is C23H17Cl2F3N2O2. The molecule has 0 aromatic heterocycles. The van der Waals surface area contributed by atoms with Crippen LogP contribution in [0.25, 0.3) is 0 Å². The minimum Gasteiger partial charge on any atom is -0.365 e. The van der Waals surface area contributed by atoms with Crippen LogP contribution in [0.5, 0.6) is 0 Å². The van der Waals surface area contributed by atoms with Gasteiger partial charge in [0, 0.05) is 27.0 Å². The van der Waals surface area contributed by atoms with Gasteiger partial charge in [-0.05, 0) is 67.6 Å². The summed E-state index contributed by atoms with van der Waals surface area (Å²) in [5, 5.41) is 12.8. The lowest BCUT2D eigenvalue weighted by molar-refractivity contribution is -0.137. The number of hydrogen-bond acceptors (Lipinski definition) is 2. The summed E-state index contributed by atoms with van der Waals surface area (Å²) in [6, 6.07) is 15.3. The molecule has 2 amide bonds. The zero-order valence-corrected chi connectivity index (χ0v) is 18.2. The van der Waals surface area contributed by atoms with Crippen LogP contribution in [0.15, 0.2) is 72.8 Å². The first-order chi connectivity index (χ1) is 15.0. The monoisotopic (exact) mass is 480 g/mol. The summed E-state index contributed by atoms with van der Waals surface area (Å²) in [5.41, 5.74) is -2.38. The van der Waals surface area contributed by atoms with Gasteiger partial charge in [-0.1, -0.05) is 35.3 Å². The number of aliphatic hydroxyl groups is 1. The topological polar surface area (TPSA) is 43.8 Å². The largest absolute Gasteiger partial charge is 0.416 e. The van der Waals surface area contributed by atoms with Crippen LogP contribution in [0, 0.1) is 0 Å². The van der Waals surface area contributed by atoms with Gasteiger partial charge in [0.05, 0.1) is 11.6 Å². The average Bonchev–Trinajstić information content (AvgIpc) is 2.95. The van der Waals surface area contributed by atoms with E-state index in [1.54, 1.807) is 31.2 Å². The van der Waals surface area contributed by atoms with E-state index in [-0.39, 0.29) is 11.3 Å². The van der Waals surface area contributed by atoms with Crippen LogP contribution in [0.4, 0.5) is 29.3 Å². The number of benzene rings is 3. The molecule has 0 saturated carbocycles. The Labute approximate surface area is 192 Å². The minimum absolute atomic E-state index is 0.0698. The van der Waals surface area contributed by atoms with Crippen molar-refractivity contribution < 1.29 is 23.1 Å². The van der Waals surface area contributed by atoms with Crippen LogP contribution in [0.2, 0.25) is 10.0 Å². The molecule has 9 heteroatoms. The Morgan fingerprint density at radius 2 is 1.44 bits per heavy atom. The quantitative estimate of drug-likeness (QED) is 0.453. The molecule has 3 aromatic rings. The van der Waals surface area contributed by atoms with Crippen LogP contribution in [-0.4, -0.2) is 17.2 Å². The van der Waals surface area contributed by atoms with Gasteiger partial charge in [-0.15, -0.1) is 0 Å². The summed E-state index contributed by atoms with van der Waals surface area (Å²) in [7, 11) is 0. The second-order valence-corrected chi connectivity index (χ2v) is 8.29. The Balaban J connectivity index is 1.91. The van der Waals surface area contributed by atoms with Gasteiger partial charge in [-0.2, -0.15) is 13.2 Å². The fourth-order valence-electron chi connectivity index (χ4n) is 3.91. The molecule has 3 aromatic carbocycles. The number of nitrogens with zero attached hydrogens (tertiary/aromatic N) is 2. The number of halogens is 5. The maximum atomic E-state index is 13.6. The van der Waals surface area contributed by atoms with Crippen LogP contribution >= 0.6 is 23.2 Å². The third kappa shape index (κ3) is 3.70. The smallest absolute Gasteiger partial charge is 0.365 e. The first-order valence-electron chi connectivity index (χ1n) is 9.58. The van der Waals surface area contributed by atoms with Gasteiger partial charge < -0.3 is 5.11 Å². The van der Waals surface area contributed by atoms with E-state index in [0.717, 1.165) is 17.0 Å². The van der Waals surface area contributed by atoms with Crippen molar-refractivity contribution >= 4 is 40.6 Å². The number of carbonyl (C=O) groups excluding carboxylic acids is 1. The summed E-state index contributed by atoms with van der Waals surface area (Å²) >= 11 is 11.9. The number of alkyl halides is 3. The van der Waals surface area contributed by atoms with E-state index < -0.39 is 29.5 Å². The highest BCUT2D eigenvalue weighted by atomic mass is 35.5. The van der Waals surface area contributed by atoms with Gasteiger partial charge in [0.15, 0.2) is 5.72 Å². The molecule has 1 aliphatic heterocycles. The first-order valence-corrected chi connectivity index (χ1v) is 10.3. The van der Waals surface area contributed by atoms with Gasteiger partial charge in [0.2, 0.25) is 0 Å². The second-order valence-electron chi connectivity index (χ2n) is 7.42. The number of hydrogen-bond donors (Lipinski definition) is 1. The van der Waals surface area contributed by atoms with Crippen molar-refractivity contribution in [2.24, 2.45) is 0 Å². The first kappa shape index (κ1) is 22.5. The molecule has 1 fully saturated rings. The van der Waals surface area contributed by atoms with Crippen molar-refractivity contribution in [2.75, 3.05) is 9.80 Å². The summed E-state index contributed by atoms with van der Waals surface area (Å²) in [5.74, 6) is 0. The van der Waals surface area contributed by atoms with Crippen LogP contribution in [-0.2, 0) is 11.9 Å². The highest BCUT2D eigenvalue weighted by Gasteiger charge is 2.57. The molecule has 4 rings (SSSR count). The maximum absolute atomic E-state index is 13.6. The fraction of sp³-hybridized carbons (Fsp3) is 0.174. The molecule has 1 aliphatic rings. The van der Waals surface area contributed by atoms with E-state index in [9.17, 15) is 23.1 Å². The summed E-state index contributed by atoms with van der Waals surface area (Å²) in [6.45, 7) is 1.57. The van der Waals surface area contributed by atoms with Gasteiger partial charge in [0.1, 0.15) is 0 Å². The van der Waals surface area contributed by atoms with E-state index >= 15 is 0 Å².